The molecule has 2 fully saturated rings. The Hall–Kier alpha value is -0.650. The maximum absolute atomic E-state index is 10.9. The largest absolute Gasteiger partial charge is 0.481 e. The molecular formula is C15H27NO4. The van der Waals surface area contributed by atoms with Crippen LogP contribution >= 0.6 is 0 Å². The molecule has 20 heavy (non-hydrogen) atoms. The van der Waals surface area contributed by atoms with Gasteiger partial charge in [0, 0.05) is 20.3 Å². The number of carboxylic acids is 1. The van der Waals surface area contributed by atoms with E-state index < -0.39 is 11.6 Å². The molecule has 1 aliphatic carbocycles. The van der Waals surface area contributed by atoms with Gasteiger partial charge >= 0.3 is 5.97 Å². The average molecular weight is 285 g/mol. The molecule has 0 aromatic heterocycles. The molecule has 2 rings (SSSR count). The monoisotopic (exact) mass is 285 g/mol. The van der Waals surface area contributed by atoms with Crippen LogP contribution in [0.2, 0.25) is 0 Å². The normalized spacial score (nSPS) is 33.2. The number of hydrogen-bond acceptors (Lipinski definition) is 4. The number of carboxylic acid groups (broad SMARTS) is 1. The maximum atomic E-state index is 10.9. The molecule has 0 amide bonds. The van der Waals surface area contributed by atoms with Crippen LogP contribution in [0.3, 0.4) is 0 Å². The lowest BCUT2D eigenvalue weighted by atomic mass is 9.78. The Balaban J connectivity index is 1.75. The van der Waals surface area contributed by atoms with E-state index in [-0.39, 0.29) is 5.92 Å². The number of aliphatic carboxylic acids is 1. The first kappa shape index (κ1) is 15.7. The minimum Gasteiger partial charge on any atom is -0.481 e. The second-order valence-electron chi connectivity index (χ2n) is 6.51. The van der Waals surface area contributed by atoms with E-state index in [4.69, 9.17) is 9.84 Å². The summed E-state index contributed by atoms with van der Waals surface area (Å²) in [5, 5.41) is 19.6. The van der Waals surface area contributed by atoms with Gasteiger partial charge in [-0.25, -0.2) is 0 Å². The first-order valence-electron chi connectivity index (χ1n) is 7.69. The van der Waals surface area contributed by atoms with Gasteiger partial charge in [0.2, 0.25) is 0 Å². The summed E-state index contributed by atoms with van der Waals surface area (Å²) in [7, 11) is 1.75. The summed E-state index contributed by atoms with van der Waals surface area (Å²) in [6.07, 6.45) is 4.69. The molecule has 0 spiro atoms. The van der Waals surface area contributed by atoms with E-state index in [2.05, 4.69) is 4.90 Å². The lowest BCUT2D eigenvalue weighted by Crippen LogP contribution is -2.48. The summed E-state index contributed by atoms with van der Waals surface area (Å²) < 4.78 is 5.20. The number of aliphatic hydroxyl groups is 1. The van der Waals surface area contributed by atoms with Crippen molar-refractivity contribution in [2.24, 2.45) is 11.8 Å². The molecule has 116 valence electrons. The fourth-order valence-electron chi connectivity index (χ4n) is 3.52. The number of nitrogens with zero attached hydrogens (tertiary/aromatic N) is 1. The molecule has 5 heteroatoms. The number of ether oxygens (including phenoxy) is 1. The van der Waals surface area contributed by atoms with Gasteiger partial charge in [-0.2, -0.15) is 0 Å². The minimum atomic E-state index is -0.715. The molecule has 0 bridgehead atoms. The van der Waals surface area contributed by atoms with Crippen LogP contribution in [0.15, 0.2) is 0 Å². The number of likely N-dealkylation sites (tertiary alicyclic amines) is 1. The quantitative estimate of drug-likeness (QED) is 0.798. The van der Waals surface area contributed by atoms with Gasteiger partial charge in [0.15, 0.2) is 0 Å². The van der Waals surface area contributed by atoms with E-state index in [1.54, 1.807) is 7.11 Å². The van der Waals surface area contributed by atoms with Gasteiger partial charge < -0.3 is 19.8 Å². The predicted molar refractivity (Wildman–Crippen MR) is 75.6 cm³/mol. The van der Waals surface area contributed by atoms with E-state index >= 15 is 0 Å². The number of carbonyl (C=O) groups is 1. The Morgan fingerprint density at radius 1 is 1.25 bits per heavy atom. The van der Waals surface area contributed by atoms with Crippen molar-refractivity contribution < 1.29 is 19.7 Å². The van der Waals surface area contributed by atoms with Crippen LogP contribution in [-0.2, 0) is 9.53 Å². The van der Waals surface area contributed by atoms with Gasteiger partial charge in [0.25, 0.3) is 0 Å². The fraction of sp³-hybridized carbons (Fsp3) is 0.933. The number of piperidine rings is 1. The molecule has 0 aromatic carbocycles. The van der Waals surface area contributed by atoms with Gasteiger partial charge in [-0.05, 0) is 57.5 Å². The van der Waals surface area contributed by atoms with Gasteiger partial charge in [-0.15, -0.1) is 0 Å². The van der Waals surface area contributed by atoms with E-state index in [1.165, 1.54) is 0 Å². The zero-order chi connectivity index (χ0) is 14.6. The van der Waals surface area contributed by atoms with Crippen molar-refractivity contribution in [2.75, 3.05) is 33.4 Å². The van der Waals surface area contributed by atoms with E-state index in [0.29, 0.717) is 38.1 Å². The Bertz CT molecular complexity index is 318. The van der Waals surface area contributed by atoms with Crippen molar-refractivity contribution in [1.29, 1.82) is 0 Å². The Labute approximate surface area is 120 Å². The third kappa shape index (κ3) is 4.17. The molecule has 1 heterocycles. The summed E-state index contributed by atoms with van der Waals surface area (Å²) in [5.74, 6) is -0.330. The summed E-state index contributed by atoms with van der Waals surface area (Å²) in [5.41, 5.74) is -0.681. The third-order valence-electron chi connectivity index (χ3n) is 4.89. The Morgan fingerprint density at radius 2 is 1.85 bits per heavy atom. The maximum Gasteiger partial charge on any atom is 0.306 e. The van der Waals surface area contributed by atoms with Gasteiger partial charge in [-0.1, -0.05) is 0 Å². The molecule has 2 aliphatic rings. The smallest absolute Gasteiger partial charge is 0.306 e. The SMILES string of the molecule is COCC1CCN(CC2(O)CCC(C(=O)O)CC2)CC1. The van der Waals surface area contributed by atoms with Crippen LogP contribution in [0.25, 0.3) is 0 Å². The number of β-amino-alcohol motifs (C(OH)–C–C–N with tert-alkyl or cyclic N) is 1. The molecule has 1 saturated carbocycles. The number of hydrogen-bond donors (Lipinski definition) is 2. The van der Waals surface area contributed by atoms with Crippen molar-refractivity contribution in [3.05, 3.63) is 0 Å². The van der Waals surface area contributed by atoms with Crippen LogP contribution in [0, 0.1) is 11.8 Å². The van der Waals surface area contributed by atoms with Crippen molar-refractivity contribution in [3.63, 3.8) is 0 Å². The first-order chi connectivity index (χ1) is 9.52. The van der Waals surface area contributed by atoms with Gasteiger partial charge in [0.05, 0.1) is 11.5 Å². The summed E-state index contributed by atoms with van der Waals surface area (Å²) >= 11 is 0. The standard InChI is InChI=1S/C15H27NO4/c1-20-10-12-4-8-16(9-5-12)11-15(19)6-2-13(3-7-15)14(17)18/h12-13,19H,2-11H2,1H3,(H,17,18). The highest BCUT2D eigenvalue weighted by Crippen LogP contribution is 2.33. The number of rotatable bonds is 5. The second kappa shape index (κ2) is 6.87. The van der Waals surface area contributed by atoms with E-state index in [0.717, 1.165) is 32.5 Å². The van der Waals surface area contributed by atoms with Gasteiger partial charge in [0.1, 0.15) is 0 Å². The topological polar surface area (TPSA) is 70.0 Å². The van der Waals surface area contributed by atoms with Crippen LogP contribution < -0.4 is 0 Å². The molecule has 2 N–H and O–H groups in total. The lowest BCUT2D eigenvalue weighted by Gasteiger charge is -2.41. The average Bonchev–Trinajstić information content (AvgIpc) is 2.41. The molecule has 0 unspecified atom stereocenters. The minimum absolute atomic E-state index is 0.261. The fourth-order valence-corrected chi connectivity index (χ4v) is 3.52. The van der Waals surface area contributed by atoms with E-state index in [9.17, 15) is 9.90 Å². The molecule has 1 aliphatic heterocycles. The van der Waals surface area contributed by atoms with Crippen LogP contribution in [0.4, 0.5) is 0 Å². The predicted octanol–water partition coefficient (Wildman–Crippen LogP) is 1.35. The van der Waals surface area contributed by atoms with Gasteiger partial charge in [-0.3, -0.25) is 4.79 Å². The highest BCUT2D eigenvalue weighted by atomic mass is 16.5. The third-order valence-corrected chi connectivity index (χ3v) is 4.89. The summed E-state index contributed by atoms with van der Waals surface area (Å²) in [6.45, 7) is 3.55. The molecule has 0 atom stereocenters. The Kier molecular flexibility index (Phi) is 5.41. The molecule has 0 aromatic rings. The molecule has 1 saturated heterocycles. The first-order valence-corrected chi connectivity index (χ1v) is 7.69. The van der Waals surface area contributed by atoms with E-state index in [1.807, 2.05) is 0 Å². The van der Waals surface area contributed by atoms with Crippen LogP contribution in [-0.4, -0.2) is 60.0 Å². The molecule has 0 radical (unpaired) electrons. The summed E-state index contributed by atoms with van der Waals surface area (Å²) in [6, 6.07) is 0. The zero-order valence-electron chi connectivity index (χ0n) is 12.4. The number of methoxy groups -OCH3 is 1. The zero-order valence-corrected chi connectivity index (χ0v) is 12.4. The van der Waals surface area contributed by atoms with Crippen molar-refractivity contribution in [3.8, 4) is 0 Å². The highest BCUT2D eigenvalue weighted by Gasteiger charge is 2.37. The van der Waals surface area contributed by atoms with Crippen LogP contribution in [0.5, 0.6) is 0 Å². The lowest BCUT2D eigenvalue weighted by molar-refractivity contribution is -0.145. The van der Waals surface area contributed by atoms with Crippen molar-refractivity contribution in [1.82, 2.24) is 4.90 Å². The molecular weight excluding hydrogens is 258 g/mol. The highest BCUT2D eigenvalue weighted by molar-refractivity contribution is 5.70. The van der Waals surface area contributed by atoms with Crippen LogP contribution in [0.1, 0.15) is 38.5 Å². The summed E-state index contributed by atoms with van der Waals surface area (Å²) in [4.78, 5) is 13.3. The van der Waals surface area contributed by atoms with Crippen molar-refractivity contribution in [2.45, 2.75) is 44.1 Å². The Morgan fingerprint density at radius 3 is 2.35 bits per heavy atom. The molecule has 5 nitrogen and oxygen atoms in total. The van der Waals surface area contributed by atoms with Crippen molar-refractivity contribution >= 4 is 5.97 Å². The second-order valence-corrected chi connectivity index (χ2v) is 6.51.